The first-order valence-corrected chi connectivity index (χ1v) is 5.47. The Morgan fingerprint density at radius 2 is 2.60 bits per heavy atom. The monoisotopic (exact) mass is 207 g/mol. The molecule has 1 N–H and O–H groups in total. The predicted octanol–water partition coefficient (Wildman–Crippen LogP) is 0.674. The standard InChI is InChI=1S/C11H17N3O/c1-14-6-5-13-11(14)8-10(15)7-9-3-2-4-12-9/h5-6,9,12H,2-4,7-8H2,1H3. The third kappa shape index (κ3) is 2.65. The van der Waals surface area contributed by atoms with Crippen LogP contribution in [0.25, 0.3) is 0 Å². The van der Waals surface area contributed by atoms with Gasteiger partial charge in [-0.25, -0.2) is 4.98 Å². The summed E-state index contributed by atoms with van der Waals surface area (Å²) >= 11 is 0. The summed E-state index contributed by atoms with van der Waals surface area (Å²) in [4.78, 5) is 15.9. The Morgan fingerprint density at radius 1 is 1.73 bits per heavy atom. The van der Waals surface area contributed by atoms with E-state index in [1.807, 2.05) is 17.8 Å². The summed E-state index contributed by atoms with van der Waals surface area (Å²) in [5.74, 6) is 1.14. The Labute approximate surface area is 89.7 Å². The van der Waals surface area contributed by atoms with Crippen molar-refractivity contribution in [1.29, 1.82) is 0 Å². The second-order valence-corrected chi connectivity index (χ2v) is 4.17. The number of carbonyl (C=O) groups excluding carboxylic acids is 1. The highest BCUT2D eigenvalue weighted by molar-refractivity contribution is 5.80. The summed E-state index contributed by atoms with van der Waals surface area (Å²) < 4.78 is 1.90. The van der Waals surface area contributed by atoms with Gasteiger partial charge in [0.15, 0.2) is 0 Å². The first kappa shape index (κ1) is 10.4. The van der Waals surface area contributed by atoms with Crippen LogP contribution >= 0.6 is 0 Å². The number of ketones is 1. The van der Waals surface area contributed by atoms with Crippen LogP contribution in [0.4, 0.5) is 0 Å². The van der Waals surface area contributed by atoms with Crippen LogP contribution in [0.5, 0.6) is 0 Å². The molecule has 82 valence electrons. The van der Waals surface area contributed by atoms with Crippen molar-refractivity contribution in [3.8, 4) is 0 Å². The van der Waals surface area contributed by atoms with Crippen molar-refractivity contribution in [2.24, 2.45) is 7.05 Å². The number of nitrogens with one attached hydrogen (secondary N) is 1. The molecule has 1 aliphatic rings. The fourth-order valence-electron chi connectivity index (χ4n) is 2.02. The molecule has 1 aromatic rings. The van der Waals surface area contributed by atoms with Crippen LogP contribution in [-0.4, -0.2) is 27.9 Å². The number of rotatable bonds is 4. The minimum absolute atomic E-state index is 0.281. The van der Waals surface area contributed by atoms with Crippen molar-refractivity contribution in [3.05, 3.63) is 18.2 Å². The lowest BCUT2D eigenvalue weighted by Crippen LogP contribution is -2.25. The maximum atomic E-state index is 11.7. The molecule has 1 saturated heterocycles. The van der Waals surface area contributed by atoms with Gasteiger partial charge in [-0.3, -0.25) is 4.79 Å². The van der Waals surface area contributed by atoms with Gasteiger partial charge in [-0.1, -0.05) is 0 Å². The number of aromatic nitrogens is 2. The van der Waals surface area contributed by atoms with E-state index in [4.69, 9.17) is 0 Å². The summed E-state index contributed by atoms with van der Waals surface area (Å²) in [7, 11) is 1.92. The number of hydrogen-bond donors (Lipinski definition) is 1. The van der Waals surface area contributed by atoms with Crippen molar-refractivity contribution in [2.75, 3.05) is 6.54 Å². The minimum atomic E-state index is 0.281. The van der Waals surface area contributed by atoms with Crippen molar-refractivity contribution in [3.63, 3.8) is 0 Å². The second-order valence-electron chi connectivity index (χ2n) is 4.17. The van der Waals surface area contributed by atoms with E-state index in [0.717, 1.165) is 18.8 Å². The van der Waals surface area contributed by atoms with Gasteiger partial charge in [0.05, 0.1) is 6.42 Å². The SMILES string of the molecule is Cn1ccnc1CC(=O)CC1CCCN1. The van der Waals surface area contributed by atoms with E-state index in [0.29, 0.717) is 18.9 Å². The molecule has 4 heteroatoms. The van der Waals surface area contributed by atoms with E-state index < -0.39 is 0 Å². The van der Waals surface area contributed by atoms with Gasteiger partial charge < -0.3 is 9.88 Å². The number of imidazole rings is 1. The van der Waals surface area contributed by atoms with Gasteiger partial charge in [0.2, 0.25) is 0 Å². The quantitative estimate of drug-likeness (QED) is 0.789. The normalized spacial score (nSPS) is 20.7. The van der Waals surface area contributed by atoms with Gasteiger partial charge >= 0.3 is 0 Å². The number of Topliss-reactive ketones (excluding diaryl/α,β-unsaturated/α-hetero) is 1. The summed E-state index contributed by atoms with van der Waals surface area (Å²) in [6.45, 7) is 1.06. The third-order valence-electron chi connectivity index (χ3n) is 2.91. The molecule has 0 aromatic carbocycles. The number of aryl methyl sites for hydroxylation is 1. The van der Waals surface area contributed by atoms with Crippen LogP contribution in [0.3, 0.4) is 0 Å². The summed E-state index contributed by atoms with van der Waals surface area (Å²) in [6.07, 6.45) is 7.04. The zero-order chi connectivity index (χ0) is 10.7. The third-order valence-corrected chi connectivity index (χ3v) is 2.91. The smallest absolute Gasteiger partial charge is 0.141 e. The van der Waals surface area contributed by atoms with Crippen LogP contribution in [0.15, 0.2) is 12.4 Å². The summed E-state index contributed by atoms with van der Waals surface area (Å²) in [5, 5.41) is 3.33. The summed E-state index contributed by atoms with van der Waals surface area (Å²) in [5.41, 5.74) is 0. The zero-order valence-corrected chi connectivity index (χ0v) is 9.07. The maximum absolute atomic E-state index is 11.7. The van der Waals surface area contributed by atoms with Gasteiger partial charge in [-0.05, 0) is 19.4 Å². The van der Waals surface area contributed by atoms with Gasteiger partial charge in [-0.2, -0.15) is 0 Å². The minimum Gasteiger partial charge on any atom is -0.338 e. The molecule has 0 radical (unpaired) electrons. The van der Waals surface area contributed by atoms with Gasteiger partial charge in [-0.15, -0.1) is 0 Å². The van der Waals surface area contributed by atoms with Gasteiger partial charge in [0.1, 0.15) is 11.6 Å². The molecule has 1 aromatic heterocycles. The zero-order valence-electron chi connectivity index (χ0n) is 9.07. The Balaban J connectivity index is 1.84. The Hall–Kier alpha value is -1.16. The molecule has 4 nitrogen and oxygen atoms in total. The van der Waals surface area contributed by atoms with Crippen molar-refractivity contribution in [1.82, 2.24) is 14.9 Å². The Morgan fingerprint density at radius 3 is 3.20 bits per heavy atom. The first-order valence-electron chi connectivity index (χ1n) is 5.47. The topological polar surface area (TPSA) is 46.9 Å². The van der Waals surface area contributed by atoms with Crippen LogP contribution in [0.1, 0.15) is 25.1 Å². The molecule has 1 aliphatic heterocycles. The molecule has 1 unspecified atom stereocenters. The van der Waals surface area contributed by atoms with Crippen molar-refractivity contribution >= 4 is 5.78 Å². The lowest BCUT2D eigenvalue weighted by Gasteiger charge is -2.08. The van der Waals surface area contributed by atoms with E-state index in [-0.39, 0.29) is 5.78 Å². The fraction of sp³-hybridized carbons (Fsp3) is 0.636. The number of carbonyl (C=O) groups is 1. The van der Waals surface area contributed by atoms with Crippen LogP contribution in [0, 0.1) is 0 Å². The first-order chi connectivity index (χ1) is 7.25. The molecule has 0 amide bonds. The lowest BCUT2D eigenvalue weighted by molar-refractivity contribution is -0.119. The Kier molecular flexibility index (Phi) is 3.16. The number of hydrogen-bond acceptors (Lipinski definition) is 3. The molecule has 0 saturated carbocycles. The van der Waals surface area contributed by atoms with E-state index in [1.165, 1.54) is 6.42 Å². The average molecular weight is 207 g/mol. The highest BCUT2D eigenvalue weighted by Gasteiger charge is 2.18. The molecular formula is C11H17N3O. The summed E-state index contributed by atoms with van der Waals surface area (Å²) in [6, 6.07) is 0.401. The fourth-order valence-corrected chi connectivity index (χ4v) is 2.02. The van der Waals surface area contributed by atoms with Crippen LogP contribution < -0.4 is 5.32 Å². The van der Waals surface area contributed by atoms with Crippen LogP contribution in [-0.2, 0) is 18.3 Å². The molecule has 2 rings (SSSR count). The van der Waals surface area contributed by atoms with E-state index >= 15 is 0 Å². The maximum Gasteiger partial charge on any atom is 0.141 e. The highest BCUT2D eigenvalue weighted by Crippen LogP contribution is 2.10. The largest absolute Gasteiger partial charge is 0.338 e. The molecular weight excluding hydrogens is 190 g/mol. The second kappa shape index (κ2) is 4.57. The highest BCUT2D eigenvalue weighted by atomic mass is 16.1. The molecule has 0 aliphatic carbocycles. The van der Waals surface area contributed by atoms with Gasteiger partial charge in [0, 0.05) is 31.9 Å². The average Bonchev–Trinajstić information content (AvgIpc) is 2.79. The Bertz CT molecular complexity index is 339. The van der Waals surface area contributed by atoms with E-state index in [9.17, 15) is 4.79 Å². The molecule has 2 heterocycles. The predicted molar refractivity (Wildman–Crippen MR) is 57.6 cm³/mol. The molecule has 1 fully saturated rings. The molecule has 15 heavy (non-hydrogen) atoms. The number of nitrogens with zero attached hydrogens (tertiary/aromatic N) is 2. The molecule has 1 atom stereocenters. The van der Waals surface area contributed by atoms with Crippen LogP contribution in [0.2, 0.25) is 0 Å². The molecule has 0 bridgehead atoms. The molecule has 0 spiro atoms. The van der Waals surface area contributed by atoms with E-state index in [1.54, 1.807) is 6.20 Å². The lowest BCUT2D eigenvalue weighted by atomic mass is 10.1. The van der Waals surface area contributed by atoms with Gasteiger partial charge in [0.25, 0.3) is 0 Å². The van der Waals surface area contributed by atoms with Crippen molar-refractivity contribution < 1.29 is 4.79 Å². The van der Waals surface area contributed by atoms with Crippen molar-refractivity contribution in [2.45, 2.75) is 31.7 Å². The van der Waals surface area contributed by atoms with E-state index in [2.05, 4.69) is 10.3 Å².